The summed E-state index contributed by atoms with van der Waals surface area (Å²) >= 11 is 1.42. The summed E-state index contributed by atoms with van der Waals surface area (Å²) in [5, 5.41) is 9.53. The molecule has 0 spiro atoms. The van der Waals surface area contributed by atoms with Gasteiger partial charge in [-0.25, -0.2) is 0 Å². The lowest BCUT2D eigenvalue weighted by molar-refractivity contribution is -0.127. The molecule has 0 saturated carbocycles. The van der Waals surface area contributed by atoms with Crippen molar-refractivity contribution in [3.8, 4) is 17.1 Å². The van der Waals surface area contributed by atoms with E-state index in [1.165, 1.54) is 17.3 Å². The second-order valence-corrected chi connectivity index (χ2v) is 8.07. The number of amides is 1. The fourth-order valence-electron chi connectivity index (χ4n) is 3.08. The van der Waals surface area contributed by atoms with Crippen LogP contribution in [0.1, 0.15) is 30.9 Å². The molecule has 0 atom stereocenters. The number of thioether (sulfide) groups is 1. The average molecular weight is 410 g/mol. The van der Waals surface area contributed by atoms with Gasteiger partial charge in [0.05, 0.1) is 11.4 Å². The highest BCUT2D eigenvalue weighted by Gasteiger charge is 2.19. The third-order valence-electron chi connectivity index (χ3n) is 4.74. The summed E-state index contributed by atoms with van der Waals surface area (Å²) in [6, 6.07) is 10.1. The van der Waals surface area contributed by atoms with Crippen LogP contribution in [-0.2, 0) is 4.79 Å². The second-order valence-electron chi connectivity index (χ2n) is 7.13. The minimum absolute atomic E-state index is 0.0987. The summed E-state index contributed by atoms with van der Waals surface area (Å²) in [5.74, 6) is 1.15. The Bertz CT molecular complexity index is 971. The molecule has 3 rings (SSSR count). The molecule has 0 aliphatic heterocycles. The van der Waals surface area contributed by atoms with Gasteiger partial charge >= 0.3 is 0 Å². The third kappa shape index (κ3) is 5.03. The molecule has 152 valence electrons. The summed E-state index contributed by atoms with van der Waals surface area (Å²) in [7, 11) is 1.86. The summed E-state index contributed by atoms with van der Waals surface area (Å²) < 4.78 is 2.02. The van der Waals surface area contributed by atoms with Gasteiger partial charge in [0.25, 0.3) is 0 Å². The van der Waals surface area contributed by atoms with Gasteiger partial charge in [-0.05, 0) is 44.0 Å². The van der Waals surface area contributed by atoms with Gasteiger partial charge in [-0.2, -0.15) is 0 Å². The van der Waals surface area contributed by atoms with E-state index in [0.717, 1.165) is 42.0 Å². The molecule has 2 heterocycles. The predicted octanol–water partition coefficient (Wildman–Crippen LogP) is 4.30. The van der Waals surface area contributed by atoms with E-state index in [9.17, 15) is 4.79 Å². The molecule has 1 aromatic carbocycles. The number of hydrogen-bond acceptors (Lipinski definition) is 5. The Morgan fingerprint density at radius 3 is 2.72 bits per heavy atom. The van der Waals surface area contributed by atoms with E-state index in [1.807, 2.05) is 23.7 Å². The van der Waals surface area contributed by atoms with Crippen LogP contribution < -0.4 is 0 Å². The molecule has 0 saturated heterocycles. The highest BCUT2D eigenvalue weighted by molar-refractivity contribution is 7.99. The van der Waals surface area contributed by atoms with E-state index in [-0.39, 0.29) is 5.91 Å². The Labute approximate surface area is 176 Å². The van der Waals surface area contributed by atoms with Gasteiger partial charge in [-0.15, -0.1) is 10.2 Å². The van der Waals surface area contributed by atoms with Crippen molar-refractivity contribution in [1.82, 2.24) is 24.6 Å². The molecule has 0 aliphatic rings. The van der Waals surface area contributed by atoms with E-state index in [4.69, 9.17) is 0 Å². The second kappa shape index (κ2) is 9.69. The standard InChI is InChI=1S/C22H27N5OS/c1-5-6-12-26(4)20(28)15-29-22-25-24-21(18-8-7-11-23-14-18)27(22)19-10-9-16(2)13-17(19)3/h7-11,13-14H,5-6,12,15H2,1-4H3. The Balaban J connectivity index is 1.93. The van der Waals surface area contributed by atoms with Crippen molar-refractivity contribution in [1.29, 1.82) is 0 Å². The SMILES string of the molecule is CCCCN(C)C(=O)CSc1nnc(-c2cccnc2)n1-c1ccc(C)cc1C. The van der Waals surface area contributed by atoms with E-state index < -0.39 is 0 Å². The number of rotatable bonds is 8. The number of unbranched alkanes of at least 4 members (excludes halogenated alkanes) is 1. The first kappa shape index (κ1) is 21.0. The molecule has 0 fully saturated rings. The summed E-state index contributed by atoms with van der Waals surface area (Å²) in [6.45, 7) is 7.05. The highest BCUT2D eigenvalue weighted by Crippen LogP contribution is 2.29. The van der Waals surface area contributed by atoms with Crippen LogP contribution in [0.2, 0.25) is 0 Å². The monoisotopic (exact) mass is 409 g/mol. The summed E-state index contributed by atoms with van der Waals surface area (Å²) in [5.41, 5.74) is 4.22. The zero-order valence-electron chi connectivity index (χ0n) is 17.4. The lowest BCUT2D eigenvalue weighted by atomic mass is 10.1. The molecule has 0 N–H and O–H groups in total. The van der Waals surface area contributed by atoms with Gasteiger partial charge in [0.1, 0.15) is 0 Å². The van der Waals surface area contributed by atoms with E-state index in [1.54, 1.807) is 17.3 Å². The number of carbonyl (C=O) groups is 1. The largest absolute Gasteiger partial charge is 0.345 e. The molecular formula is C22H27N5OS. The molecule has 0 unspecified atom stereocenters. The molecule has 29 heavy (non-hydrogen) atoms. The minimum atomic E-state index is 0.0987. The topological polar surface area (TPSA) is 63.9 Å². The average Bonchev–Trinajstić information content (AvgIpc) is 3.14. The highest BCUT2D eigenvalue weighted by atomic mass is 32.2. The summed E-state index contributed by atoms with van der Waals surface area (Å²) in [4.78, 5) is 18.5. The van der Waals surface area contributed by atoms with Crippen LogP contribution in [0.15, 0.2) is 47.9 Å². The van der Waals surface area contributed by atoms with Crippen molar-refractivity contribution in [2.75, 3.05) is 19.3 Å². The lowest BCUT2D eigenvalue weighted by Crippen LogP contribution is -2.29. The van der Waals surface area contributed by atoms with Crippen molar-refractivity contribution in [2.45, 2.75) is 38.8 Å². The van der Waals surface area contributed by atoms with Gasteiger partial charge in [-0.1, -0.05) is 42.8 Å². The van der Waals surface area contributed by atoms with Crippen LogP contribution in [0.25, 0.3) is 17.1 Å². The fourth-order valence-corrected chi connectivity index (χ4v) is 3.96. The van der Waals surface area contributed by atoms with Gasteiger partial charge in [0.15, 0.2) is 11.0 Å². The van der Waals surface area contributed by atoms with Crippen LogP contribution >= 0.6 is 11.8 Å². The Morgan fingerprint density at radius 2 is 2.03 bits per heavy atom. The smallest absolute Gasteiger partial charge is 0.232 e. The third-order valence-corrected chi connectivity index (χ3v) is 5.66. The van der Waals surface area contributed by atoms with Gasteiger partial charge in [0.2, 0.25) is 5.91 Å². The Hall–Kier alpha value is -2.67. The van der Waals surface area contributed by atoms with Crippen molar-refractivity contribution >= 4 is 17.7 Å². The van der Waals surface area contributed by atoms with Crippen molar-refractivity contribution in [3.05, 3.63) is 53.9 Å². The first-order valence-electron chi connectivity index (χ1n) is 9.81. The van der Waals surface area contributed by atoms with Crippen molar-refractivity contribution < 1.29 is 4.79 Å². The predicted molar refractivity (Wildman–Crippen MR) is 117 cm³/mol. The molecule has 1 amide bonds. The van der Waals surface area contributed by atoms with Gasteiger partial charge in [0, 0.05) is 31.5 Å². The van der Waals surface area contributed by atoms with E-state index >= 15 is 0 Å². The maximum absolute atomic E-state index is 12.5. The number of pyridine rings is 1. The number of benzene rings is 1. The molecule has 2 aromatic heterocycles. The summed E-state index contributed by atoms with van der Waals surface area (Å²) in [6.07, 6.45) is 5.60. The minimum Gasteiger partial charge on any atom is -0.345 e. The maximum Gasteiger partial charge on any atom is 0.232 e. The normalized spacial score (nSPS) is 10.9. The van der Waals surface area contributed by atoms with Crippen LogP contribution in [0.3, 0.4) is 0 Å². The zero-order valence-corrected chi connectivity index (χ0v) is 18.2. The number of aromatic nitrogens is 4. The first-order valence-corrected chi connectivity index (χ1v) is 10.8. The lowest BCUT2D eigenvalue weighted by Gasteiger charge is -2.17. The van der Waals surface area contributed by atoms with E-state index in [2.05, 4.69) is 54.2 Å². The number of aryl methyl sites for hydroxylation is 2. The number of hydrogen-bond donors (Lipinski definition) is 0. The number of nitrogens with zero attached hydrogens (tertiary/aromatic N) is 5. The van der Waals surface area contributed by atoms with Crippen molar-refractivity contribution in [2.24, 2.45) is 0 Å². The zero-order chi connectivity index (χ0) is 20.8. The fraction of sp³-hybridized carbons (Fsp3) is 0.364. The first-order chi connectivity index (χ1) is 14.0. The molecule has 0 radical (unpaired) electrons. The molecule has 6 nitrogen and oxygen atoms in total. The quantitative estimate of drug-likeness (QED) is 0.519. The van der Waals surface area contributed by atoms with E-state index in [0.29, 0.717) is 10.9 Å². The molecule has 3 aromatic rings. The van der Waals surface area contributed by atoms with Crippen LogP contribution in [0, 0.1) is 13.8 Å². The van der Waals surface area contributed by atoms with Gasteiger partial charge in [-0.3, -0.25) is 14.3 Å². The maximum atomic E-state index is 12.5. The molecular weight excluding hydrogens is 382 g/mol. The molecule has 0 bridgehead atoms. The van der Waals surface area contributed by atoms with Crippen LogP contribution in [0.5, 0.6) is 0 Å². The van der Waals surface area contributed by atoms with Crippen LogP contribution in [-0.4, -0.2) is 49.9 Å². The number of carbonyl (C=O) groups excluding carboxylic acids is 1. The van der Waals surface area contributed by atoms with Crippen molar-refractivity contribution in [3.63, 3.8) is 0 Å². The molecule has 0 aliphatic carbocycles. The Kier molecular flexibility index (Phi) is 7.04. The van der Waals surface area contributed by atoms with Gasteiger partial charge < -0.3 is 4.90 Å². The Morgan fingerprint density at radius 1 is 1.21 bits per heavy atom. The van der Waals surface area contributed by atoms with Crippen LogP contribution in [0.4, 0.5) is 0 Å². The molecule has 7 heteroatoms.